The number of ether oxygens (including phenoxy) is 1. The first-order valence-electron chi connectivity index (χ1n) is 12.1. The Bertz CT molecular complexity index is 1170. The summed E-state index contributed by atoms with van der Waals surface area (Å²) in [5.41, 5.74) is 8.77. The van der Waals surface area contributed by atoms with Gasteiger partial charge in [-0.25, -0.2) is 4.79 Å². The highest BCUT2D eigenvalue weighted by Crippen LogP contribution is 2.22. The molecule has 2 aromatic carbocycles. The van der Waals surface area contributed by atoms with Crippen LogP contribution >= 0.6 is 0 Å². The van der Waals surface area contributed by atoms with Crippen LogP contribution in [0.3, 0.4) is 0 Å². The van der Waals surface area contributed by atoms with E-state index in [4.69, 9.17) is 10.5 Å². The van der Waals surface area contributed by atoms with Crippen molar-refractivity contribution in [2.75, 3.05) is 18.5 Å². The fraction of sp³-hybridized carbons (Fsp3) is 0.286. The van der Waals surface area contributed by atoms with Crippen LogP contribution in [0.15, 0.2) is 79.1 Å². The van der Waals surface area contributed by atoms with Crippen LogP contribution in [0.5, 0.6) is 0 Å². The zero-order valence-corrected chi connectivity index (χ0v) is 20.0. The van der Waals surface area contributed by atoms with Crippen molar-refractivity contribution in [2.24, 2.45) is 5.73 Å². The molecule has 1 aliphatic heterocycles. The van der Waals surface area contributed by atoms with E-state index in [1.165, 1.54) is 0 Å². The minimum Gasteiger partial charge on any atom is -0.460 e. The Morgan fingerprint density at radius 1 is 0.972 bits per heavy atom. The van der Waals surface area contributed by atoms with Gasteiger partial charge in [0.25, 0.3) is 5.91 Å². The Balaban J connectivity index is 1.32. The number of amides is 2. The molecule has 1 aromatic heterocycles. The number of pyridine rings is 1. The molecular formula is C28H30N4O4. The molecule has 2 atom stereocenters. The van der Waals surface area contributed by atoms with Crippen molar-refractivity contribution in [2.45, 2.75) is 37.8 Å². The minimum absolute atomic E-state index is 0.0672. The molecule has 2 heterocycles. The molecule has 8 nitrogen and oxygen atoms in total. The predicted octanol–water partition coefficient (Wildman–Crippen LogP) is 3.96. The highest BCUT2D eigenvalue weighted by Gasteiger charge is 2.29. The number of piperidine rings is 1. The fourth-order valence-electron chi connectivity index (χ4n) is 4.28. The zero-order chi connectivity index (χ0) is 25.3. The molecule has 1 aliphatic rings. The van der Waals surface area contributed by atoms with Crippen molar-refractivity contribution in [1.82, 2.24) is 9.88 Å². The first kappa shape index (κ1) is 25.1. The van der Waals surface area contributed by atoms with Crippen LogP contribution < -0.4 is 11.1 Å². The van der Waals surface area contributed by atoms with Gasteiger partial charge in [0.15, 0.2) is 0 Å². The number of carbonyl (C=O) groups excluding carboxylic acids is 3. The number of nitrogens with zero attached hydrogens (tertiary/aromatic N) is 2. The van der Waals surface area contributed by atoms with E-state index in [9.17, 15) is 14.4 Å². The fourth-order valence-corrected chi connectivity index (χ4v) is 4.28. The topological polar surface area (TPSA) is 115 Å². The van der Waals surface area contributed by atoms with Gasteiger partial charge < -0.3 is 20.7 Å². The van der Waals surface area contributed by atoms with E-state index < -0.39 is 12.0 Å². The summed E-state index contributed by atoms with van der Waals surface area (Å²) < 4.78 is 5.51. The van der Waals surface area contributed by atoms with Crippen LogP contribution in [0.1, 0.15) is 58.0 Å². The molecule has 3 aromatic rings. The van der Waals surface area contributed by atoms with E-state index in [1.807, 2.05) is 6.07 Å². The molecule has 186 valence electrons. The van der Waals surface area contributed by atoms with Gasteiger partial charge in [-0.05, 0) is 61.2 Å². The first-order chi connectivity index (χ1) is 17.5. The summed E-state index contributed by atoms with van der Waals surface area (Å²) >= 11 is 0. The van der Waals surface area contributed by atoms with Crippen molar-refractivity contribution in [3.05, 3.63) is 95.8 Å². The second-order valence-electron chi connectivity index (χ2n) is 8.82. The van der Waals surface area contributed by atoms with Crippen molar-refractivity contribution < 1.29 is 19.1 Å². The van der Waals surface area contributed by atoms with Crippen LogP contribution in [0.4, 0.5) is 5.69 Å². The molecule has 36 heavy (non-hydrogen) atoms. The Kier molecular flexibility index (Phi) is 8.41. The lowest BCUT2D eigenvalue weighted by molar-refractivity contribution is -0.136. The molecule has 8 heteroatoms. The summed E-state index contributed by atoms with van der Waals surface area (Å²) in [4.78, 5) is 43.6. The molecule has 0 aliphatic carbocycles. The van der Waals surface area contributed by atoms with Crippen LogP contribution in [-0.4, -0.2) is 46.9 Å². The van der Waals surface area contributed by atoms with E-state index in [-0.39, 0.29) is 30.9 Å². The second-order valence-corrected chi connectivity index (χ2v) is 8.82. The standard InChI is InChI=1S/C28H30N4O4/c29-25(20-9-11-21(12-10-20)27(34)31-23-13-15-30-16-14-23)18-26(33)32-17-5-4-8-24(32)19-36-28(35)22-6-2-1-3-7-22/h1-3,6-7,9-16,24-25H,4-5,8,17-19,29H2,(H,30,31,34). The van der Waals surface area contributed by atoms with Gasteiger partial charge in [-0.15, -0.1) is 0 Å². The molecule has 0 saturated carbocycles. The second kappa shape index (κ2) is 12.1. The predicted molar refractivity (Wildman–Crippen MR) is 136 cm³/mol. The minimum atomic E-state index is -0.510. The summed E-state index contributed by atoms with van der Waals surface area (Å²) in [6, 6.07) is 18.5. The molecule has 0 bridgehead atoms. The van der Waals surface area contributed by atoms with Crippen LogP contribution in [0.2, 0.25) is 0 Å². The number of hydrogen-bond donors (Lipinski definition) is 2. The molecule has 3 N–H and O–H groups in total. The number of hydrogen-bond acceptors (Lipinski definition) is 6. The largest absolute Gasteiger partial charge is 0.460 e. The Morgan fingerprint density at radius 3 is 2.42 bits per heavy atom. The van der Waals surface area contributed by atoms with Gasteiger partial charge in [-0.1, -0.05) is 30.3 Å². The van der Waals surface area contributed by atoms with Gasteiger partial charge in [0.05, 0.1) is 11.6 Å². The molecule has 1 saturated heterocycles. The molecule has 0 spiro atoms. The number of likely N-dealkylation sites (tertiary alicyclic amines) is 1. The number of anilines is 1. The summed E-state index contributed by atoms with van der Waals surface area (Å²) in [5.74, 6) is -0.695. The first-order valence-corrected chi connectivity index (χ1v) is 12.1. The number of aromatic nitrogens is 1. The van der Waals surface area contributed by atoms with Gasteiger partial charge in [-0.2, -0.15) is 0 Å². The lowest BCUT2D eigenvalue weighted by atomic mass is 9.99. The molecule has 4 rings (SSSR count). The quantitative estimate of drug-likeness (QED) is 0.466. The van der Waals surface area contributed by atoms with Crippen molar-refractivity contribution >= 4 is 23.5 Å². The van der Waals surface area contributed by atoms with Gasteiger partial charge in [0.2, 0.25) is 5.91 Å². The third-order valence-electron chi connectivity index (χ3n) is 6.30. The maximum absolute atomic E-state index is 13.1. The number of esters is 1. The Morgan fingerprint density at radius 2 is 1.69 bits per heavy atom. The van der Waals surface area contributed by atoms with E-state index in [2.05, 4.69) is 10.3 Å². The smallest absolute Gasteiger partial charge is 0.338 e. The van der Waals surface area contributed by atoms with E-state index >= 15 is 0 Å². The highest BCUT2D eigenvalue weighted by atomic mass is 16.5. The molecule has 2 amide bonds. The molecule has 2 unspecified atom stereocenters. The Labute approximate surface area is 210 Å². The number of nitrogens with two attached hydrogens (primary N) is 1. The van der Waals surface area contributed by atoms with Crippen LogP contribution in [0.25, 0.3) is 0 Å². The third kappa shape index (κ3) is 6.55. The average Bonchev–Trinajstić information content (AvgIpc) is 2.93. The van der Waals surface area contributed by atoms with Crippen LogP contribution in [0, 0.1) is 0 Å². The lowest BCUT2D eigenvalue weighted by Gasteiger charge is -2.36. The van der Waals surface area contributed by atoms with Crippen molar-refractivity contribution in [3.63, 3.8) is 0 Å². The van der Waals surface area contributed by atoms with Gasteiger partial charge in [0.1, 0.15) is 6.61 Å². The van der Waals surface area contributed by atoms with Gasteiger partial charge >= 0.3 is 5.97 Å². The van der Waals surface area contributed by atoms with E-state index in [0.717, 1.165) is 24.8 Å². The normalized spacial score (nSPS) is 16.1. The number of benzene rings is 2. The van der Waals surface area contributed by atoms with E-state index in [1.54, 1.807) is 78.0 Å². The monoisotopic (exact) mass is 486 g/mol. The SMILES string of the molecule is NC(CC(=O)N1CCCCC1COC(=O)c1ccccc1)c1ccc(C(=O)Nc2ccncc2)cc1. The molecular weight excluding hydrogens is 456 g/mol. The zero-order valence-electron chi connectivity index (χ0n) is 20.0. The average molecular weight is 487 g/mol. The molecule has 0 radical (unpaired) electrons. The number of rotatable bonds is 8. The summed E-state index contributed by atoms with van der Waals surface area (Å²) in [7, 11) is 0. The third-order valence-corrected chi connectivity index (χ3v) is 6.30. The number of nitrogens with one attached hydrogen (secondary N) is 1. The van der Waals surface area contributed by atoms with E-state index in [0.29, 0.717) is 23.4 Å². The van der Waals surface area contributed by atoms with Crippen molar-refractivity contribution in [3.8, 4) is 0 Å². The Hall–Kier alpha value is -4.04. The molecule has 1 fully saturated rings. The maximum atomic E-state index is 13.1. The highest BCUT2D eigenvalue weighted by molar-refractivity contribution is 6.04. The lowest BCUT2D eigenvalue weighted by Crippen LogP contribution is -2.47. The van der Waals surface area contributed by atoms with Crippen LogP contribution in [-0.2, 0) is 9.53 Å². The van der Waals surface area contributed by atoms with Gasteiger partial charge in [0, 0.05) is 42.7 Å². The maximum Gasteiger partial charge on any atom is 0.338 e. The summed E-state index contributed by atoms with van der Waals surface area (Å²) in [5, 5.41) is 2.81. The summed E-state index contributed by atoms with van der Waals surface area (Å²) in [6.45, 7) is 0.781. The van der Waals surface area contributed by atoms with Crippen molar-refractivity contribution in [1.29, 1.82) is 0 Å². The number of carbonyl (C=O) groups is 3. The van der Waals surface area contributed by atoms with Gasteiger partial charge in [-0.3, -0.25) is 14.6 Å². The summed E-state index contributed by atoms with van der Waals surface area (Å²) in [6.07, 6.45) is 6.01.